The summed E-state index contributed by atoms with van der Waals surface area (Å²) in [5.74, 6) is 0.534. The van der Waals surface area contributed by atoms with E-state index in [1.165, 1.54) is 0 Å². The number of nitriles is 1. The number of rotatable bonds is 2. The average molecular weight is 314 g/mol. The van der Waals surface area contributed by atoms with Crippen LogP contribution in [-0.4, -0.2) is 19.9 Å². The Morgan fingerprint density at radius 1 is 1.41 bits per heavy atom. The van der Waals surface area contributed by atoms with Gasteiger partial charge in [0.05, 0.1) is 23.1 Å². The second-order valence-corrected chi connectivity index (χ2v) is 7.48. The van der Waals surface area contributed by atoms with E-state index >= 15 is 0 Å². The fourth-order valence-electron chi connectivity index (χ4n) is 2.15. The number of sulfone groups is 1. The summed E-state index contributed by atoms with van der Waals surface area (Å²) in [6.07, 6.45) is 0.665. The quantitative estimate of drug-likeness (QED) is 0.788. The predicted octanol–water partition coefficient (Wildman–Crippen LogP) is 2.43. The van der Waals surface area contributed by atoms with Crippen molar-refractivity contribution in [2.75, 3.05) is 11.5 Å². The Balaban J connectivity index is 2.27. The molecule has 0 aromatic heterocycles. The number of benzene rings is 1. The Kier molecular flexibility index (Phi) is 3.55. The number of halogens is 1. The van der Waals surface area contributed by atoms with E-state index in [2.05, 4.69) is 22.0 Å². The predicted molar refractivity (Wildman–Crippen MR) is 69.6 cm³/mol. The van der Waals surface area contributed by atoms with E-state index in [-0.39, 0.29) is 22.3 Å². The zero-order chi connectivity index (χ0) is 12.5. The molecular weight excluding hydrogens is 302 g/mol. The molecule has 3 nitrogen and oxygen atoms in total. The first-order valence-electron chi connectivity index (χ1n) is 5.37. The molecule has 1 aromatic carbocycles. The molecule has 0 radical (unpaired) electrons. The Labute approximate surface area is 110 Å². The number of nitrogens with zero attached hydrogens (tertiary/aromatic N) is 1. The fraction of sp³-hybridized carbons (Fsp3) is 0.417. The first kappa shape index (κ1) is 12.6. The molecule has 0 spiro atoms. The van der Waals surface area contributed by atoms with Gasteiger partial charge in [-0.15, -0.1) is 0 Å². The van der Waals surface area contributed by atoms with E-state index in [1.54, 1.807) is 6.07 Å². The van der Waals surface area contributed by atoms with Crippen LogP contribution in [0.4, 0.5) is 0 Å². The van der Waals surface area contributed by atoms with Crippen LogP contribution in [-0.2, 0) is 9.84 Å². The summed E-state index contributed by atoms with van der Waals surface area (Å²) in [6.45, 7) is 0. The summed E-state index contributed by atoms with van der Waals surface area (Å²) in [7, 11) is -2.88. The lowest BCUT2D eigenvalue weighted by Crippen LogP contribution is -2.11. The van der Waals surface area contributed by atoms with E-state index in [0.29, 0.717) is 12.0 Å². The zero-order valence-electron chi connectivity index (χ0n) is 9.14. The molecule has 5 heteroatoms. The molecule has 0 aliphatic carbocycles. The highest BCUT2D eigenvalue weighted by Gasteiger charge is 2.33. The lowest BCUT2D eigenvalue weighted by molar-refractivity contribution is 0.579. The molecule has 2 rings (SSSR count). The van der Waals surface area contributed by atoms with E-state index in [0.717, 1.165) is 5.56 Å². The van der Waals surface area contributed by atoms with Gasteiger partial charge in [0.2, 0.25) is 0 Å². The summed E-state index contributed by atoms with van der Waals surface area (Å²) in [4.78, 5) is -0.0596. The largest absolute Gasteiger partial charge is 0.229 e. The number of alkyl halides is 1. The molecule has 1 saturated heterocycles. The molecule has 2 unspecified atom stereocenters. The molecule has 0 amide bonds. The van der Waals surface area contributed by atoms with Crippen molar-refractivity contribution < 1.29 is 8.42 Å². The summed E-state index contributed by atoms with van der Waals surface area (Å²) in [6, 6.07) is 9.46. The molecule has 17 heavy (non-hydrogen) atoms. The van der Waals surface area contributed by atoms with Gasteiger partial charge in [0.15, 0.2) is 9.84 Å². The molecule has 0 bridgehead atoms. The minimum absolute atomic E-state index is 0.0596. The summed E-state index contributed by atoms with van der Waals surface area (Å²) < 4.78 is 22.9. The molecule has 1 heterocycles. The molecule has 1 fully saturated rings. The molecule has 1 aliphatic rings. The van der Waals surface area contributed by atoms with Crippen LogP contribution >= 0.6 is 15.9 Å². The standard InChI is InChI=1S/C12H12BrNO2S/c13-12(10-5-6-17(15,16)8-10)11-4-2-1-3-9(11)7-14/h1-4,10,12H,5-6,8H2. The third-order valence-electron chi connectivity index (χ3n) is 3.06. The highest BCUT2D eigenvalue weighted by Crippen LogP contribution is 2.38. The van der Waals surface area contributed by atoms with Crippen molar-refractivity contribution in [1.29, 1.82) is 5.26 Å². The van der Waals surface area contributed by atoms with Crippen molar-refractivity contribution in [2.24, 2.45) is 5.92 Å². The molecule has 0 saturated carbocycles. The monoisotopic (exact) mass is 313 g/mol. The van der Waals surface area contributed by atoms with Crippen LogP contribution in [0.25, 0.3) is 0 Å². The minimum atomic E-state index is -2.88. The van der Waals surface area contributed by atoms with E-state index in [9.17, 15) is 8.42 Å². The van der Waals surface area contributed by atoms with Gasteiger partial charge in [-0.3, -0.25) is 0 Å². The molecule has 2 atom stereocenters. The van der Waals surface area contributed by atoms with Crippen molar-refractivity contribution in [3.63, 3.8) is 0 Å². The smallest absolute Gasteiger partial charge is 0.150 e. The minimum Gasteiger partial charge on any atom is -0.229 e. The van der Waals surface area contributed by atoms with Gasteiger partial charge >= 0.3 is 0 Å². The maximum atomic E-state index is 11.4. The second kappa shape index (κ2) is 4.79. The second-order valence-electron chi connectivity index (χ2n) is 4.26. The third-order valence-corrected chi connectivity index (χ3v) is 6.09. The molecular formula is C12H12BrNO2S. The topological polar surface area (TPSA) is 57.9 Å². The molecule has 1 aliphatic heterocycles. The maximum absolute atomic E-state index is 11.4. The van der Waals surface area contributed by atoms with Crippen LogP contribution in [0.15, 0.2) is 24.3 Å². The van der Waals surface area contributed by atoms with Crippen LogP contribution in [0.2, 0.25) is 0 Å². The first-order chi connectivity index (χ1) is 8.03. The van der Waals surface area contributed by atoms with Gasteiger partial charge in [-0.1, -0.05) is 34.1 Å². The lowest BCUT2D eigenvalue weighted by atomic mass is 9.95. The van der Waals surface area contributed by atoms with Crippen LogP contribution in [0.5, 0.6) is 0 Å². The van der Waals surface area contributed by atoms with Gasteiger partial charge in [-0.25, -0.2) is 8.42 Å². The van der Waals surface area contributed by atoms with Gasteiger partial charge in [0, 0.05) is 4.83 Å². The van der Waals surface area contributed by atoms with Gasteiger partial charge < -0.3 is 0 Å². The van der Waals surface area contributed by atoms with Crippen molar-refractivity contribution in [3.05, 3.63) is 35.4 Å². The first-order valence-corrected chi connectivity index (χ1v) is 8.11. The van der Waals surface area contributed by atoms with E-state index in [1.807, 2.05) is 18.2 Å². The molecule has 90 valence electrons. The lowest BCUT2D eigenvalue weighted by Gasteiger charge is -2.17. The number of hydrogen-bond acceptors (Lipinski definition) is 3. The van der Waals surface area contributed by atoms with Gasteiger partial charge in [-0.2, -0.15) is 5.26 Å². The van der Waals surface area contributed by atoms with Crippen molar-refractivity contribution >= 4 is 25.8 Å². The SMILES string of the molecule is N#Cc1ccccc1C(Br)C1CCS(=O)(=O)C1. The fourth-order valence-corrected chi connectivity index (χ4v) is 5.09. The summed E-state index contributed by atoms with van der Waals surface area (Å²) >= 11 is 3.54. The van der Waals surface area contributed by atoms with E-state index in [4.69, 9.17) is 5.26 Å². The number of hydrogen-bond donors (Lipinski definition) is 0. The average Bonchev–Trinajstić information content (AvgIpc) is 2.68. The maximum Gasteiger partial charge on any atom is 0.150 e. The third kappa shape index (κ3) is 2.70. The van der Waals surface area contributed by atoms with E-state index < -0.39 is 9.84 Å². The van der Waals surface area contributed by atoms with Crippen molar-refractivity contribution in [2.45, 2.75) is 11.2 Å². The normalized spacial score (nSPS) is 24.1. The summed E-state index contributed by atoms with van der Waals surface area (Å²) in [5.41, 5.74) is 1.50. The molecule has 1 aromatic rings. The van der Waals surface area contributed by atoms with Crippen molar-refractivity contribution in [3.8, 4) is 6.07 Å². The van der Waals surface area contributed by atoms with Crippen molar-refractivity contribution in [1.82, 2.24) is 0 Å². The van der Waals surface area contributed by atoms with Gasteiger partial charge in [-0.05, 0) is 24.0 Å². The highest BCUT2D eigenvalue weighted by molar-refractivity contribution is 9.09. The van der Waals surface area contributed by atoms with Crippen LogP contribution in [0, 0.1) is 17.2 Å². The Hall–Kier alpha value is -0.860. The van der Waals surface area contributed by atoms with Gasteiger partial charge in [0.25, 0.3) is 0 Å². The zero-order valence-corrected chi connectivity index (χ0v) is 11.5. The van der Waals surface area contributed by atoms with Gasteiger partial charge in [0.1, 0.15) is 0 Å². The Bertz CT molecular complexity index is 562. The summed E-state index contributed by atoms with van der Waals surface area (Å²) in [5, 5.41) is 9.02. The van der Waals surface area contributed by atoms with Crippen LogP contribution < -0.4 is 0 Å². The molecule has 0 N–H and O–H groups in total. The van der Waals surface area contributed by atoms with Crippen LogP contribution in [0.3, 0.4) is 0 Å². The Morgan fingerprint density at radius 3 is 2.71 bits per heavy atom. The Morgan fingerprint density at radius 2 is 2.12 bits per heavy atom. The highest BCUT2D eigenvalue weighted by atomic mass is 79.9. The van der Waals surface area contributed by atoms with Crippen LogP contribution in [0.1, 0.15) is 22.4 Å².